The molecule has 96 valence electrons. The van der Waals surface area contributed by atoms with E-state index in [2.05, 4.69) is 0 Å². The van der Waals surface area contributed by atoms with Crippen LogP contribution in [0, 0.1) is 5.82 Å². The zero-order chi connectivity index (χ0) is 13.9. The number of phenols is 1. The van der Waals surface area contributed by atoms with Gasteiger partial charge in [-0.2, -0.15) is 0 Å². The molecule has 18 heavy (non-hydrogen) atoms. The summed E-state index contributed by atoms with van der Waals surface area (Å²) in [5, 5.41) is 11.7. The summed E-state index contributed by atoms with van der Waals surface area (Å²) in [7, 11) is 0. The van der Waals surface area contributed by atoms with Gasteiger partial charge in [-0.15, -0.1) is 0 Å². The molecule has 8 heteroatoms. The van der Waals surface area contributed by atoms with Crippen LogP contribution in [0.2, 0.25) is 0 Å². The normalized spacial score (nSPS) is 9.83. The Morgan fingerprint density at radius 2 is 2.00 bits per heavy atom. The van der Waals surface area contributed by atoms with Crippen LogP contribution < -0.4 is 16.8 Å². The maximum atomic E-state index is 13.5. The lowest BCUT2D eigenvalue weighted by atomic mass is 10.0. The number of phenolic OH excluding ortho intramolecular Hbond substituents is 1. The summed E-state index contributed by atoms with van der Waals surface area (Å²) in [6.07, 6.45) is -0.279. The summed E-state index contributed by atoms with van der Waals surface area (Å²) in [6.45, 7) is 0. The van der Waals surface area contributed by atoms with Gasteiger partial charge in [0, 0.05) is 5.56 Å². The van der Waals surface area contributed by atoms with Crippen LogP contribution in [-0.4, -0.2) is 22.0 Å². The summed E-state index contributed by atoms with van der Waals surface area (Å²) >= 11 is 4.72. The molecule has 6 N–H and O–H groups in total. The largest absolute Gasteiger partial charge is 0.507 e. The molecular weight excluding hydrogens is 261 g/mol. The maximum Gasteiger partial charge on any atom is 0.317 e. The number of hydrogen-bond acceptors (Lipinski definition) is 4. The van der Waals surface area contributed by atoms with Crippen molar-refractivity contribution < 1.29 is 19.1 Å². The number of rotatable bonds is 3. The van der Waals surface area contributed by atoms with Crippen LogP contribution in [0.4, 0.5) is 9.18 Å². The van der Waals surface area contributed by atoms with Crippen molar-refractivity contribution in [2.45, 2.75) is 6.42 Å². The lowest BCUT2D eigenvalue weighted by Crippen LogP contribution is -2.35. The first-order valence-electron chi connectivity index (χ1n) is 4.72. The van der Waals surface area contributed by atoms with Crippen molar-refractivity contribution in [1.82, 2.24) is 5.32 Å². The molecule has 0 bridgehead atoms. The first kappa shape index (κ1) is 13.8. The van der Waals surface area contributed by atoms with E-state index in [1.165, 1.54) is 6.07 Å². The molecule has 0 unspecified atom stereocenters. The molecule has 0 saturated heterocycles. The van der Waals surface area contributed by atoms with Crippen LogP contribution in [0.5, 0.6) is 5.75 Å². The number of urea groups is 1. The minimum Gasteiger partial charge on any atom is -0.507 e. The molecule has 0 fully saturated rings. The third-order valence-electron chi connectivity index (χ3n) is 2.04. The molecule has 1 aromatic carbocycles. The molecule has 0 saturated carbocycles. The van der Waals surface area contributed by atoms with Gasteiger partial charge >= 0.3 is 6.03 Å². The molecule has 0 aliphatic heterocycles. The van der Waals surface area contributed by atoms with Gasteiger partial charge in [-0.05, 0) is 6.07 Å². The Morgan fingerprint density at radius 1 is 1.39 bits per heavy atom. The number of thiocarbonyl (C=S) groups is 1. The summed E-state index contributed by atoms with van der Waals surface area (Å²) in [5.41, 5.74) is 9.51. The number of hydrogen-bond donors (Lipinski definition) is 4. The second-order valence-electron chi connectivity index (χ2n) is 3.39. The predicted octanol–water partition coefficient (Wildman–Crippen LogP) is -0.0971. The Kier molecular flexibility index (Phi) is 4.16. The fourth-order valence-electron chi connectivity index (χ4n) is 1.33. The molecule has 0 aliphatic rings. The number of nitrogens with two attached hydrogens (primary N) is 2. The van der Waals surface area contributed by atoms with E-state index in [0.717, 1.165) is 6.07 Å². The van der Waals surface area contributed by atoms with Crippen molar-refractivity contribution >= 4 is 29.1 Å². The second kappa shape index (κ2) is 5.41. The number of primary amides is 2. The summed E-state index contributed by atoms with van der Waals surface area (Å²) in [5.74, 6) is -2.09. The predicted molar refractivity (Wildman–Crippen MR) is 65.4 cm³/mol. The minimum atomic E-state index is -0.987. The maximum absolute atomic E-state index is 13.5. The molecule has 0 heterocycles. The standard InChI is InChI=1S/C10H10FN3O3S/c11-5-2-1-4(3-6(12)15)8(16)7(5)9(18)14-10(13)17/h1-2,16H,3H2,(H2,12,15)(H3,13,14,17,18). The molecule has 0 aliphatic carbocycles. The van der Waals surface area contributed by atoms with E-state index in [1.807, 2.05) is 5.32 Å². The van der Waals surface area contributed by atoms with Gasteiger partial charge in [-0.1, -0.05) is 18.3 Å². The van der Waals surface area contributed by atoms with Crippen LogP contribution in [0.25, 0.3) is 0 Å². The number of halogens is 1. The number of carbonyl (C=O) groups excluding carboxylic acids is 2. The van der Waals surface area contributed by atoms with Crippen molar-refractivity contribution in [1.29, 1.82) is 0 Å². The molecule has 0 spiro atoms. The number of nitrogens with one attached hydrogen (secondary N) is 1. The molecule has 3 amide bonds. The highest BCUT2D eigenvalue weighted by Gasteiger charge is 2.18. The zero-order valence-electron chi connectivity index (χ0n) is 9.07. The highest BCUT2D eigenvalue weighted by atomic mass is 32.1. The first-order valence-corrected chi connectivity index (χ1v) is 5.13. The van der Waals surface area contributed by atoms with Gasteiger partial charge in [0.25, 0.3) is 0 Å². The molecule has 0 radical (unpaired) electrons. The Hall–Kier alpha value is -2.22. The highest BCUT2D eigenvalue weighted by molar-refractivity contribution is 7.80. The summed E-state index contributed by atoms with van der Waals surface area (Å²) in [4.78, 5) is 21.0. The van der Waals surface area contributed by atoms with Gasteiger partial charge < -0.3 is 16.6 Å². The Labute approximate surface area is 107 Å². The van der Waals surface area contributed by atoms with Gasteiger partial charge in [0.1, 0.15) is 16.6 Å². The van der Waals surface area contributed by atoms with E-state index in [1.54, 1.807) is 0 Å². The van der Waals surface area contributed by atoms with E-state index >= 15 is 0 Å². The fraction of sp³-hybridized carbons (Fsp3) is 0.100. The van der Waals surface area contributed by atoms with Gasteiger partial charge in [0.2, 0.25) is 5.91 Å². The Bertz CT molecular complexity index is 533. The van der Waals surface area contributed by atoms with Crippen LogP contribution in [0.1, 0.15) is 11.1 Å². The number of aromatic hydroxyl groups is 1. The number of carbonyl (C=O) groups is 2. The highest BCUT2D eigenvalue weighted by Crippen LogP contribution is 2.26. The quantitative estimate of drug-likeness (QED) is 0.574. The van der Waals surface area contributed by atoms with Crippen LogP contribution in [0.15, 0.2) is 12.1 Å². The summed E-state index contributed by atoms with van der Waals surface area (Å²) in [6, 6.07) is 1.22. The first-order chi connectivity index (χ1) is 8.32. The number of benzene rings is 1. The van der Waals surface area contributed by atoms with Crippen molar-refractivity contribution in [3.63, 3.8) is 0 Å². The average Bonchev–Trinajstić information content (AvgIpc) is 2.21. The topological polar surface area (TPSA) is 118 Å². The van der Waals surface area contributed by atoms with E-state index in [4.69, 9.17) is 23.7 Å². The van der Waals surface area contributed by atoms with Gasteiger partial charge in [0.05, 0.1) is 12.0 Å². The molecule has 0 aromatic heterocycles. The zero-order valence-corrected chi connectivity index (χ0v) is 9.88. The molecular formula is C10H10FN3O3S. The third kappa shape index (κ3) is 3.14. The lowest BCUT2D eigenvalue weighted by Gasteiger charge is -2.11. The van der Waals surface area contributed by atoms with E-state index in [9.17, 15) is 19.1 Å². The van der Waals surface area contributed by atoms with E-state index in [0.29, 0.717) is 0 Å². The van der Waals surface area contributed by atoms with Crippen LogP contribution in [0.3, 0.4) is 0 Å². The molecule has 6 nitrogen and oxygen atoms in total. The molecule has 1 rings (SSSR count). The van der Waals surface area contributed by atoms with E-state index < -0.39 is 29.1 Å². The second-order valence-corrected chi connectivity index (χ2v) is 3.80. The van der Waals surface area contributed by atoms with Crippen LogP contribution in [-0.2, 0) is 11.2 Å². The summed E-state index contributed by atoms with van der Waals surface area (Å²) < 4.78 is 13.5. The van der Waals surface area contributed by atoms with Gasteiger partial charge in [-0.3, -0.25) is 10.1 Å². The smallest absolute Gasteiger partial charge is 0.317 e. The van der Waals surface area contributed by atoms with Crippen molar-refractivity contribution in [3.8, 4) is 5.75 Å². The molecule has 1 aromatic rings. The third-order valence-corrected chi connectivity index (χ3v) is 2.35. The SMILES string of the molecule is NC(=O)Cc1ccc(F)c(C(=S)NC(N)=O)c1O. The van der Waals surface area contributed by atoms with Gasteiger partial charge in [0.15, 0.2) is 0 Å². The molecule has 0 atom stereocenters. The van der Waals surface area contributed by atoms with Crippen molar-refractivity contribution in [2.75, 3.05) is 0 Å². The minimum absolute atomic E-state index is 0.104. The fourth-order valence-corrected chi connectivity index (χ4v) is 1.63. The average molecular weight is 271 g/mol. The van der Waals surface area contributed by atoms with Gasteiger partial charge in [-0.25, -0.2) is 9.18 Å². The Morgan fingerprint density at radius 3 is 2.50 bits per heavy atom. The monoisotopic (exact) mass is 271 g/mol. The van der Waals surface area contributed by atoms with E-state index in [-0.39, 0.29) is 17.0 Å². The van der Waals surface area contributed by atoms with Crippen LogP contribution >= 0.6 is 12.2 Å². The van der Waals surface area contributed by atoms with Crippen molar-refractivity contribution in [2.24, 2.45) is 11.5 Å². The Balaban J connectivity index is 3.21. The lowest BCUT2D eigenvalue weighted by molar-refractivity contribution is -0.117. The van der Waals surface area contributed by atoms with Crippen molar-refractivity contribution in [3.05, 3.63) is 29.1 Å². The number of amides is 3.